The van der Waals surface area contributed by atoms with Gasteiger partial charge in [0.05, 0.1) is 12.2 Å². The molecule has 4 aliphatic heterocycles. The van der Waals surface area contributed by atoms with Crippen molar-refractivity contribution < 1.29 is 33.6 Å². The maximum absolute atomic E-state index is 13.4. The van der Waals surface area contributed by atoms with Gasteiger partial charge in [-0.25, -0.2) is 4.79 Å². The van der Waals surface area contributed by atoms with E-state index in [1.807, 2.05) is 13.8 Å². The Morgan fingerprint density at radius 2 is 1.96 bits per heavy atom. The lowest BCUT2D eigenvalue weighted by Gasteiger charge is -2.40. The number of rotatable bonds is 0. The van der Waals surface area contributed by atoms with E-state index in [4.69, 9.17) is 18.9 Å². The smallest absolute Gasteiger partial charge is 0.336 e. The number of Topliss-reactive ketones (excluding diaryl/α,β-unsaturated/α-hetero) is 1. The molecule has 0 bridgehead atoms. The van der Waals surface area contributed by atoms with Crippen molar-refractivity contribution in [2.24, 2.45) is 17.8 Å². The number of epoxide rings is 3. The van der Waals surface area contributed by atoms with E-state index in [1.165, 1.54) is 0 Å². The maximum Gasteiger partial charge on any atom is 0.336 e. The molecule has 0 aromatic rings. The lowest BCUT2D eigenvalue weighted by molar-refractivity contribution is -0.185. The minimum absolute atomic E-state index is 0.0829. The Kier molecular flexibility index (Phi) is 2.18. The normalized spacial score (nSPS) is 64.3. The van der Waals surface area contributed by atoms with Gasteiger partial charge in [-0.15, -0.1) is 0 Å². The molecule has 7 aliphatic rings. The summed E-state index contributed by atoms with van der Waals surface area (Å²) in [6, 6.07) is 0. The van der Waals surface area contributed by atoms with Crippen LogP contribution in [0.25, 0.3) is 0 Å². The third-order valence-corrected chi connectivity index (χ3v) is 8.67. The van der Waals surface area contributed by atoms with E-state index in [1.54, 1.807) is 6.92 Å². The van der Waals surface area contributed by atoms with Crippen molar-refractivity contribution >= 4 is 11.8 Å². The van der Waals surface area contributed by atoms with Crippen molar-refractivity contribution in [3.8, 4) is 0 Å². The molecule has 9 atom stereocenters. The SMILES string of the molecule is CC1=C2[C@@H]3[C@@H]([C@]4(CC[C@]2(O)OC1=O)CO4)[C@@]12O[C@@]1(C[C@@H](C)C2=O)[C@H]1O[C@@]31C. The molecular weight excluding hydrogens is 352 g/mol. The van der Waals surface area contributed by atoms with Crippen LogP contribution in [0, 0.1) is 17.8 Å². The minimum Gasteiger partial charge on any atom is -0.426 e. The predicted octanol–water partition coefficient (Wildman–Crippen LogP) is 0.631. The van der Waals surface area contributed by atoms with E-state index in [0.29, 0.717) is 30.6 Å². The second kappa shape index (κ2) is 3.77. The van der Waals surface area contributed by atoms with Crippen molar-refractivity contribution in [2.45, 2.75) is 74.3 Å². The second-order valence-corrected chi connectivity index (χ2v) is 9.90. The number of carbonyl (C=O) groups excluding carboxylic acids is 2. The molecule has 7 rings (SSSR count). The van der Waals surface area contributed by atoms with Gasteiger partial charge in [0.1, 0.15) is 17.3 Å². The molecule has 0 unspecified atom stereocenters. The summed E-state index contributed by atoms with van der Waals surface area (Å²) in [6.07, 6.45) is 1.27. The Labute approximate surface area is 156 Å². The Bertz CT molecular complexity index is 904. The van der Waals surface area contributed by atoms with Crippen LogP contribution in [0.4, 0.5) is 0 Å². The number of hydrogen-bond acceptors (Lipinski definition) is 7. The van der Waals surface area contributed by atoms with Crippen molar-refractivity contribution in [3.63, 3.8) is 0 Å². The van der Waals surface area contributed by atoms with E-state index in [-0.39, 0.29) is 36.1 Å². The highest BCUT2D eigenvalue weighted by Crippen LogP contribution is 2.81. The molecule has 4 heterocycles. The summed E-state index contributed by atoms with van der Waals surface area (Å²) in [5, 5.41) is 11.3. The first-order chi connectivity index (χ1) is 12.7. The average molecular weight is 374 g/mol. The Morgan fingerprint density at radius 3 is 2.67 bits per heavy atom. The first-order valence-electron chi connectivity index (χ1n) is 9.88. The monoisotopic (exact) mass is 374 g/mol. The van der Waals surface area contributed by atoms with E-state index in [0.717, 1.165) is 0 Å². The lowest BCUT2D eigenvalue weighted by atomic mass is 9.57. The van der Waals surface area contributed by atoms with E-state index >= 15 is 0 Å². The summed E-state index contributed by atoms with van der Waals surface area (Å²) >= 11 is 0. The van der Waals surface area contributed by atoms with Gasteiger partial charge in [0.2, 0.25) is 5.79 Å². The first-order valence-corrected chi connectivity index (χ1v) is 9.88. The Hall–Kier alpha value is -1.28. The van der Waals surface area contributed by atoms with Crippen molar-refractivity contribution in [3.05, 3.63) is 11.1 Å². The van der Waals surface area contributed by atoms with Crippen LogP contribution in [0.2, 0.25) is 0 Å². The maximum atomic E-state index is 13.4. The molecule has 1 N–H and O–H groups in total. The predicted molar refractivity (Wildman–Crippen MR) is 87.3 cm³/mol. The van der Waals surface area contributed by atoms with Crippen LogP contribution in [0.1, 0.15) is 40.0 Å². The van der Waals surface area contributed by atoms with Crippen LogP contribution < -0.4 is 0 Å². The molecule has 3 saturated carbocycles. The molecule has 0 aromatic carbocycles. The fourth-order valence-corrected chi connectivity index (χ4v) is 7.47. The lowest BCUT2D eigenvalue weighted by Crippen LogP contribution is -2.57. The summed E-state index contributed by atoms with van der Waals surface area (Å²) in [7, 11) is 0. The van der Waals surface area contributed by atoms with E-state index < -0.39 is 34.2 Å². The molecule has 7 heteroatoms. The molecule has 7 nitrogen and oxygen atoms in total. The van der Waals surface area contributed by atoms with Gasteiger partial charge < -0.3 is 24.1 Å². The van der Waals surface area contributed by atoms with Crippen LogP contribution in [0.3, 0.4) is 0 Å². The summed E-state index contributed by atoms with van der Waals surface area (Å²) in [5.41, 5.74) is -1.58. The third kappa shape index (κ3) is 1.31. The molecule has 27 heavy (non-hydrogen) atoms. The molecule has 6 fully saturated rings. The number of ketones is 1. The fourth-order valence-electron chi connectivity index (χ4n) is 7.47. The van der Waals surface area contributed by atoms with E-state index in [9.17, 15) is 14.7 Å². The molecule has 0 radical (unpaired) electrons. The number of fused-ring (bicyclic) bond motifs is 6. The highest BCUT2D eigenvalue weighted by Gasteiger charge is 2.98. The quantitative estimate of drug-likeness (QED) is 0.490. The van der Waals surface area contributed by atoms with Crippen LogP contribution in [-0.4, -0.2) is 57.8 Å². The van der Waals surface area contributed by atoms with Crippen molar-refractivity contribution in [1.82, 2.24) is 0 Å². The van der Waals surface area contributed by atoms with Gasteiger partial charge >= 0.3 is 5.97 Å². The summed E-state index contributed by atoms with van der Waals surface area (Å²) in [5.74, 6) is -2.69. The number of ether oxygens (including phenoxy) is 4. The largest absolute Gasteiger partial charge is 0.426 e. The highest BCUT2D eigenvalue weighted by molar-refractivity contribution is 5.99. The van der Waals surface area contributed by atoms with Crippen molar-refractivity contribution in [2.75, 3.05) is 6.61 Å². The Balaban J connectivity index is 1.52. The topological polar surface area (TPSA) is 101 Å². The van der Waals surface area contributed by atoms with Gasteiger partial charge in [0.15, 0.2) is 11.4 Å². The van der Waals surface area contributed by atoms with Gasteiger partial charge in [-0.1, -0.05) is 6.92 Å². The number of aliphatic hydroxyl groups is 1. The fraction of sp³-hybridized carbons (Fsp3) is 0.800. The Morgan fingerprint density at radius 1 is 1.22 bits per heavy atom. The molecule has 1 spiro atoms. The zero-order valence-corrected chi connectivity index (χ0v) is 15.5. The standard InChI is InChI=1S/C20H22O7/c1-8-6-18-15-16(3,26-15)11-10-9(2)14(22)25-19(10,23)5-4-17(7-24-17)12(11)20(18,27-18)13(8)21/h8,11-12,15,23H,4-7H2,1-3H3/t8-,11-,12+,15+,16+,17+,18+,19+,20+/m1/s1. The summed E-state index contributed by atoms with van der Waals surface area (Å²) < 4.78 is 24.0. The van der Waals surface area contributed by atoms with Gasteiger partial charge in [-0.3, -0.25) is 4.79 Å². The second-order valence-electron chi connectivity index (χ2n) is 9.90. The van der Waals surface area contributed by atoms with Crippen molar-refractivity contribution in [1.29, 1.82) is 0 Å². The summed E-state index contributed by atoms with van der Waals surface area (Å²) in [4.78, 5) is 25.7. The molecule has 144 valence electrons. The average Bonchev–Trinajstić information content (AvgIpc) is 3.50. The third-order valence-electron chi connectivity index (χ3n) is 8.67. The zero-order valence-electron chi connectivity index (χ0n) is 15.5. The van der Waals surface area contributed by atoms with Crippen LogP contribution >= 0.6 is 0 Å². The van der Waals surface area contributed by atoms with E-state index in [2.05, 4.69) is 0 Å². The molecular formula is C20H22O7. The number of esters is 1. The molecule has 0 aromatic heterocycles. The van der Waals surface area contributed by atoms with Gasteiger partial charge in [-0.05, 0) is 26.7 Å². The van der Waals surface area contributed by atoms with Gasteiger partial charge in [-0.2, -0.15) is 0 Å². The van der Waals surface area contributed by atoms with Gasteiger partial charge in [0.25, 0.3) is 0 Å². The minimum atomic E-state index is -1.64. The first kappa shape index (κ1) is 15.6. The van der Waals surface area contributed by atoms with Crippen LogP contribution in [0.5, 0.6) is 0 Å². The van der Waals surface area contributed by atoms with Gasteiger partial charge in [0, 0.05) is 35.3 Å². The van der Waals surface area contributed by atoms with Crippen LogP contribution in [0.15, 0.2) is 11.1 Å². The molecule has 3 saturated heterocycles. The zero-order chi connectivity index (χ0) is 18.8. The number of carbonyl (C=O) groups is 2. The highest BCUT2D eigenvalue weighted by atomic mass is 16.7. The van der Waals surface area contributed by atoms with Crippen LogP contribution in [-0.2, 0) is 28.5 Å². The molecule has 3 aliphatic carbocycles. The molecule has 0 amide bonds. The number of hydrogen-bond donors (Lipinski definition) is 1. The summed E-state index contributed by atoms with van der Waals surface area (Å²) in [6.45, 7) is 6.22.